The monoisotopic (exact) mass is 760 g/mol. The predicted octanol–water partition coefficient (Wildman–Crippen LogP) is 7.04. The summed E-state index contributed by atoms with van der Waals surface area (Å²) in [5, 5.41) is 51.2. The molecule has 2 aliphatic heterocycles. The summed E-state index contributed by atoms with van der Waals surface area (Å²) in [5.74, 6) is 0.974. The van der Waals surface area contributed by atoms with Gasteiger partial charge in [-0.25, -0.2) is 0 Å². The Kier molecular flexibility index (Phi) is 12.9. The Balaban J connectivity index is 1.34. The number of aliphatic hydroxyl groups excluding tert-OH is 2. The molecule has 10 nitrogen and oxygen atoms in total. The number of hydrogen-bond donors (Lipinski definition) is 6. The van der Waals surface area contributed by atoms with Crippen molar-refractivity contribution < 1.29 is 39.5 Å². The van der Waals surface area contributed by atoms with Crippen molar-refractivity contribution in [2.75, 3.05) is 26.0 Å². The van der Waals surface area contributed by atoms with Crippen molar-refractivity contribution in [3.63, 3.8) is 0 Å². The second-order valence-electron chi connectivity index (χ2n) is 13.9. The smallest absolute Gasteiger partial charge is 0.168 e. The number of aryl methyl sites for hydroxylation is 1. The van der Waals surface area contributed by atoms with E-state index in [0.29, 0.717) is 41.2 Å². The number of ether oxygens (including phenoxy) is 2. The molecule has 2 bridgehead atoms. The molecule has 12 heteroatoms. The summed E-state index contributed by atoms with van der Waals surface area (Å²) in [5.41, 5.74) is 5.45. The molecule has 4 aromatic rings. The lowest BCUT2D eigenvalue weighted by Crippen LogP contribution is -2.40. The van der Waals surface area contributed by atoms with Gasteiger partial charge in [-0.2, -0.15) is 0 Å². The van der Waals surface area contributed by atoms with Crippen molar-refractivity contribution in [1.82, 2.24) is 5.32 Å². The van der Waals surface area contributed by atoms with E-state index >= 15 is 0 Å². The number of nitrogens with one attached hydrogen (secondary N) is 2. The number of hydrogen-bond acceptors (Lipinski definition) is 12. The molecule has 53 heavy (non-hydrogen) atoms. The molecule has 7 rings (SSSR count). The lowest BCUT2D eigenvalue weighted by molar-refractivity contribution is -0.128. The van der Waals surface area contributed by atoms with Crippen molar-refractivity contribution in [2.45, 2.75) is 81.5 Å². The minimum atomic E-state index is -0.602. The lowest BCUT2D eigenvalue weighted by atomic mass is 9.81. The minimum absolute atomic E-state index is 0.00464. The first-order valence-corrected chi connectivity index (χ1v) is 20.4. The van der Waals surface area contributed by atoms with Crippen LogP contribution in [-0.4, -0.2) is 70.2 Å². The number of rotatable bonds is 9. The molecule has 2 heterocycles. The lowest BCUT2D eigenvalue weighted by Gasteiger charge is -2.38. The van der Waals surface area contributed by atoms with Gasteiger partial charge in [0, 0.05) is 40.7 Å². The number of phenols is 2. The Hall–Kier alpha value is -3.78. The van der Waals surface area contributed by atoms with E-state index < -0.39 is 18.4 Å². The molecule has 0 spiro atoms. The Labute approximate surface area is 318 Å². The van der Waals surface area contributed by atoms with Crippen LogP contribution >= 0.6 is 21.6 Å². The number of carbonyl (C=O) groups excluding carboxylic acids is 2. The van der Waals surface area contributed by atoms with Crippen LogP contribution in [0, 0.1) is 5.92 Å². The minimum Gasteiger partial charge on any atom is -0.508 e. The third-order valence-electron chi connectivity index (χ3n) is 10.3. The van der Waals surface area contributed by atoms with Gasteiger partial charge < -0.3 is 35.2 Å². The molecule has 1 fully saturated rings. The Morgan fingerprint density at radius 1 is 1.04 bits per heavy atom. The van der Waals surface area contributed by atoms with Crippen molar-refractivity contribution >= 4 is 49.6 Å². The van der Waals surface area contributed by atoms with Crippen LogP contribution in [0.15, 0.2) is 60.7 Å². The van der Waals surface area contributed by atoms with Crippen molar-refractivity contribution in [2.24, 2.45) is 5.92 Å². The molecule has 0 unspecified atom stereocenters. The zero-order valence-electron chi connectivity index (χ0n) is 30.3. The highest BCUT2D eigenvalue weighted by Gasteiger charge is 2.37. The molecular weight excluding hydrogens is 713 g/mol. The molecule has 1 aliphatic carbocycles. The van der Waals surface area contributed by atoms with Gasteiger partial charge in [0.1, 0.15) is 23.5 Å². The highest BCUT2D eigenvalue weighted by atomic mass is 33.1. The summed E-state index contributed by atoms with van der Waals surface area (Å²) in [6, 6.07) is 18.3. The highest BCUT2D eigenvalue weighted by Crippen LogP contribution is 2.48. The number of aliphatic hydroxyl groups is 2. The summed E-state index contributed by atoms with van der Waals surface area (Å²) >= 11 is 0. The number of carbonyl (C=O) groups is 2. The number of methoxy groups -OCH3 is 1. The molecule has 3 aliphatic rings. The predicted molar refractivity (Wildman–Crippen MR) is 211 cm³/mol. The maximum absolute atomic E-state index is 14.0. The normalized spacial score (nSPS) is 21.5. The van der Waals surface area contributed by atoms with Gasteiger partial charge >= 0.3 is 0 Å². The third kappa shape index (κ3) is 8.96. The van der Waals surface area contributed by atoms with Crippen LogP contribution in [0.5, 0.6) is 17.2 Å². The molecule has 1 saturated carbocycles. The van der Waals surface area contributed by atoms with Crippen LogP contribution in [0.2, 0.25) is 0 Å². The quantitative estimate of drug-likeness (QED) is 0.0765. The van der Waals surface area contributed by atoms with Crippen molar-refractivity contribution in [3.8, 4) is 28.4 Å². The van der Waals surface area contributed by atoms with Crippen LogP contribution in [0.4, 0.5) is 5.69 Å². The molecule has 0 aromatic heterocycles. The number of Topliss-reactive ketones (excluding diaryl/α,β-unsaturated/α-hetero) is 2. The summed E-state index contributed by atoms with van der Waals surface area (Å²) in [7, 11) is 6.62. The van der Waals surface area contributed by atoms with Gasteiger partial charge in [0.2, 0.25) is 0 Å². The van der Waals surface area contributed by atoms with Gasteiger partial charge in [-0.3, -0.25) is 14.9 Å². The zero-order chi connectivity index (χ0) is 37.6. The Morgan fingerprint density at radius 3 is 2.58 bits per heavy atom. The SMILES string of the molecule is CN[C@H](O[C@H]1CC(=O)CCc2ccc(O)c(OC)c2-c2ccc3ccc(O)cc3c2CSS[C@H]2CC[C@@H]1C[C@@H]2O)c1ccc(NCC(C)=O)c(CO)c1. The maximum Gasteiger partial charge on any atom is 0.168 e. The Bertz CT molecular complexity index is 1960. The number of ketones is 2. The zero-order valence-corrected chi connectivity index (χ0v) is 31.9. The number of anilines is 1. The topological polar surface area (TPSA) is 158 Å². The molecule has 0 radical (unpaired) electrons. The van der Waals surface area contributed by atoms with Crippen LogP contribution < -0.4 is 15.4 Å². The maximum atomic E-state index is 14.0. The second-order valence-corrected chi connectivity index (χ2v) is 16.5. The van der Waals surface area contributed by atoms with E-state index in [-0.39, 0.29) is 60.2 Å². The first kappa shape index (κ1) is 38.9. The Morgan fingerprint density at radius 2 is 1.85 bits per heavy atom. The van der Waals surface area contributed by atoms with Crippen LogP contribution in [0.1, 0.15) is 67.5 Å². The van der Waals surface area contributed by atoms with Gasteiger partial charge in [0.15, 0.2) is 11.5 Å². The fourth-order valence-corrected chi connectivity index (χ4v) is 10.5. The average Bonchev–Trinajstić information content (AvgIpc) is 3.15. The fraction of sp³-hybridized carbons (Fsp3) is 0.415. The first-order chi connectivity index (χ1) is 25.6. The van der Waals surface area contributed by atoms with E-state index in [4.69, 9.17) is 9.47 Å². The van der Waals surface area contributed by atoms with Gasteiger partial charge in [-0.1, -0.05) is 51.9 Å². The summed E-state index contributed by atoms with van der Waals surface area (Å²) in [4.78, 5) is 25.5. The largest absolute Gasteiger partial charge is 0.508 e. The summed E-state index contributed by atoms with van der Waals surface area (Å²) < 4.78 is 12.5. The average molecular weight is 761 g/mol. The standard InChI is InChI=1S/C41H48N2O8S2/c1-23(45)20-43-34-13-7-27(16-28(34)21-44)41(42-2)51-37-19-30(47)11-5-25-8-14-35(48)40(50-3)39(25)31-12-6-24-4-10-29(46)18-32(24)33(31)22-52-53-38-15-9-26(37)17-36(38)49/h4,6-8,10,12-14,16,18,26,36-38,41-44,46,48-49H,5,9,11,15,17,19-22H2,1-3H3/t26-,36+,37+,38+,41-/m1/s1. The fourth-order valence-electron chi connectivity index (χ4n) is 7.58. The van der Waals surface area contributed by atoms with E-state index in [1.54, 1.807) is 46.8 Å². The molecule has 4 aromatic carbocycles. The van der Waals surface area contributed by atoms with Gasteiger partial charge in [0.05, 0.1) is 32.5 Å². The van der Waals surface area contributed by atoms with E-state index in [0.717, 1.165) is 45.9 Å². The second kappa shape index (κ2) is 17.6. The number of aromatic hydroxyl groups is 2. The number of fused-ring (bicyclic) bond motifs is 9. The van der Waals surface area contributed by atoms with Gasteiger partial charge in [-0.15, -0.1) is 0 Å². The third-order valence-corrected chi connectivity index (χ3v) is 13.2. The molecular formula is C41H48N2O8S2. The molecule has 6 N–H and O–H groups in total. The van der Waals surface area contributed by atoms with Gasteiger partial charge in [-0.05, 0) is 109 Å². The first-order valence-electron chi connectivity index (χ1n) is 18.0. The molecule has 0 saturated heterocycles. The number of benzene rings is 4. The number of phenolic OH excluding ortho intramolecular Hbond substituents is 2. The summed E-state index contributed by atoms with van der Waals surface area (Å²) in [6.07, 6.45) is 1.13. The molecule has 0 amide bonds. The highest BCUT2D eigenvalue weighted by molar-refractivity contribution is 8.76. The van der Waals surface area contributed by atoms with Crippen LogP contribution in [0.25, 0.3) is 21.9 Å². The molecule has 282 valence electrons. The van der Waals surface area contributed by atoms with E-state index in [2.05, 4.69) is 10.6 Å². The molecule has 5 atom stereocenters. The van der Waals surface area contributed by atoms with Crippen LogP contribution in [-0.2, 0) is 33.1 Å². The van der Waals surface area contributed by atoms with E-state index in [9.17, 15) is 30.0 Å². The van der Waals surface area contributed by atoms with E-state index in [1.807, 2.05) is 42.5 Å². The summed E-state index contributed by atoms with van der Waals surface area (Å²) in [6.45, 7) is 1.42. The van der Waals surface area contributed by atoms with Crippen molar-refractivity contribution in [3.05, 3.63) is 82.9 Å². The van der Waals surface area contributed by atoms with E-state index in [1.165, 1.54) is 14.0 Å². The van der Waals surface area contributed by atoms with Crippen molar-refractivity contribution in [1.29, 1.82) is 0 Å². The van der Waals surface area contributed by atoms with Crippen LogP contribution in [0.3, 0.4) is 0 Å². The van der Waals surface area contributed by atoms with Gasteiger partial charge in [0.25, 0.3) is 0 Å².